The van der Waals surface area contributed by atoms with Gasteiger partial charge in [0.05, 0.1) is 20.3 Å². The summed E-state index contributed by atoms with van der Waals surface area (Å²) in [5.74, 6) is 0.874. The number of methoxy groups -OCH3 is 2. The molecule has 0 aromatic heterocycles. The second-order valence-corrected chi connectivity index (χ2v) is 6.41. The molecule has 0 spiro atoms. The zero-order chi connectivity index (χ0) is 18.9. The molecule has 1 N–H and O–H groups in total. The molecular weight excluding hydrogens is 330 g/mol. The number of ether oxygens (including phenoxy) is 2. The van der Waals surface area contributed by atoms with Crippen LogP contribution in [0.2, 0.25) is 0 Å². The number of nitrogens with one attached hydrogen (secondary N) is 1. The van der Waals surface area contributed by atoms with Gasteiger partial charge in [0.2, 0.25) is 0 Å². The van der Waals surface area contributed by atoms with Crippen LogP contribution in [0.3, 0.4) is 0 Å². The second-order valence-electron chi connectivity index (χ2n) is 6.41. The molecule has 1 atom stereocenters. The minimum absolute atomic E-state index is 0.138. The first kappa shape index (κ1) is 19.6. The van der Waals surface area contributed by atoms with E-state index < -0.39 is 0 Å². The summed E-state index contributed by atoms with van der Waals surface area (Å²) in [7, 11) is 3.15. The number of nitriles is 1. The van der Waals surface area contributed by atoms with Gasteiger partial charge in [-0.05, 0) is 37.5 Å². The number of amides is 1. The fraction of sp³-hybridized carbons (Fsp3) is 0.500. The third kappa shape index (κ3) is 5.16. The highest BCUT2D eigenvalue weighted by Gasteiger charge is 2.17. The zero-order valence-electron chi connectivity index (χ0n) is 15.7. The van der Waals surface area contributed by atoms with E-state index >= 15 is 0 Å². The van der Waals surface area contributed by atoms with Gasteiger partial charge in [-0.1, -0.05) is 18.9 Å². The van der Waals surface area contributed by atoms with Gasteiger partial charge in [0.25, 0.3) is 5.91 Å². The molecule has 0 aliphatic carbocycles. The zero-order valence-corrected chi connectivity index (χ0v) is 15.7. The Morgan fingerprint density at radius 2 is 1.85 bits per heavy atom. The molecule has 6 nitrogen and oxygen atoms in total. The van der Waals surface area contributed by atoms with Crippen LogP contribution in [0.15, 0.2) is 30.0 Å². The van der Waals surface area contributed by atoms with Gasteiger partial charge in [0, 0.05) is 19.3 Å². The fourth-order valence-electron chi connectivity index (χ4n) is 3.02. The lowest BCUT2D eigenvalue weighted by atomic mass is 10.1. The third-order valence-electron chi connectivity index (χ3n) is 4.57. The first-order chi connectivity index (χ1) is 12.6. The van der Waals surface area contributed by atoms with Crippen molar-refractivity contribution in [2.45, 2.75) is 38.6 Å². The number of nitrogens with zero attached hydrogens (tertiary/aromatic N) is 2. The van der Waals surface area contributed by atoms with Crippen LogP contribution < -0.4 is 14.8 Å². The average molecular weight is 357 g/mol. The summed E-state index contributed by atoms with van der Waals surface area (Å²) in [5.41, 5.74) is 1.02. The number of carbonyl (C=O) groups excluding carboxylic acids is 1. The van der Waals surface area contributed by atoms with Crippen LogP contribution in [-0.2, 0) is 4.79 Å². The van der Waals surface area contributed by atoms with Gasteiger partial charge in [-0.15, -0.1) is 0 Å². The van der Waals surface area contributed by atoms with E-state index in [1.165, 1.54) is 12.8 Å². The van der Waals surface area contributed by atoms with E-state index in [1.807, 2.05) is 25.1 Å². The number of rotatable bonds is 6. The third-order valence-corrected chi connectivity index (χ3v) is 4.57. The normalized spacial score (nSPS) is 16.2. The van der Waals surface area contributed by atoms with Crippen molar-refractivity contribution in [2.24, 2.45) is 0 Å². The minimum Gasteiger partial charge on any atom is -0.493 e. The molecule has 1 aliphatic rings. The molecule has 0 radical (unpaired) electrons. The van der Waals surface area contributed by atoms with Crippen LogP contribution in [0.25, 0.3) is 0 Å². The number of likely N-dealkylation sites (tertiary alicyclic amines) is 1. The molecule has 1 aromatic carbocycles. The van der Waals surface area contributed by atoms with Crippen LogP contribution in [0.4, 0.5) is 0 Å². The summed E-state index contributed by atoms with van der Waals surface area (Å²) in [6, 6.07) is 7.27. The van der Waals surface area contributed by atoms with Gasteiger partial charge < -0.3 is 19.7 Å². The van der Waals surface area contributed by atoms with Crippen molar-refractivity contribution in [2.75, 3.05) is 27.3 Å². The summed E-state index contributed by atoms with van der Waals surface area (Å²) in [6.07, 6.45) is 6.29. The monoisotopic (exact) mass is 357 g/mol. The van der Waals surface area contributed by atoms with E-state index in [0.29, 0.717) is 11.5 Å². The SMILES string of the molecule is COc1ccc(C(C)NC(=O)/C(C#N)=C\N2CCCCCC2)cc1OC. The summed E-state index contributed by atoms with van der Waals surface area (Å²) in [5, 5.41) is 12.3. The summed E-state index contributed by atoms with van der Waals surface area (Å²) in [6.45, 7) is 3.66. The Balaban J connectivity index is 2.08. The van der Waals surface area contributed by atoms with E-state index in [2.05, 4.69) is 10.2 Å². The molecule has 1 fully saturated rings. The van der Waals surface area contributed by atoms with Gasteiger partial charge in [-0.3, -0.25) is 4.79 Å². The molecule has 0 bridgehead atoms. The molecular formula is C20H27N3O3. The van der Waals surface area contributed by atoms with Crippen molar-refractivity contribution in [3.05, 3.63) is 35.5 Å². The lowest BCUT2D eigenvalue weighted by molar-refractivity contribution is -0.117. The largest absolute Gasteiger partial charge is 0.493 e. The first-order valence-electron chi connectivity index (χ1n) is 8.97. The summed E-state index contributed by atoms with van der Waals surface area (Å²) >= 11 is 0. The highest BCUT2D eigenvalue weighted by atomic mass is 16.5. The van der Waals surface area contributed by atoms with Crippen LogP contribution in [0, 0.1) is 11.3 Å². The lowest BCUT2D eigenvalue weighted by Gasteiger charge is -2.19. The minimum atomic E-state index is -0.362. The Hall–Kier alpha value is -2.68. The van der Waals surface area contributed by atoms with Gasteiger partial charge in [-0.2, -0.15) is 5.26 Å². The van der Waals surface area contributed by atoms with E-state index in [1.54, 1.807) is 26.5 Å². The molecule has 1 unspecified atom stereocenters. The van der Waals surface area contributed by atoms with Crippen molar-refractivity contribution >= 4 is 5.91 Å². The molecule has 1 heterocycles. The molecule has 2 rings (SSSR count). The smallest absolute Gasteiger partial charge is 0.263 e. The maximum Gasteiger partial charge on any atom is 0.263 e. The van der Waals surface area contributed by atoms with E-state index in [0.717, 1.165) is 31.5 Å². The Bertz CT molecular complexity index is 686. The molecule has 1 aliphatic heterocycles. The van der Waals surface area contributed by atoms with Crippen molar-refractivity contribution < 1.29 is 14.3 Å². The van der Waals surface area contributed by atoms with Gasteiger partial charge in [0.15, 0.2) is 11.5 Å². The Morgan fingerprint density at radius 1 is 1.19 bits per heavy atom. The summed E-state index contributed by atoms with van der Waals surface area (Å²) < 4.78 is 10.5. The molecule has 0 saturated carbocycles. The maximum atomic E-state index is 12.5. The van der Waals surface area contributed by atoms with Crippen molar-refractivity contribution in [3.63, 3.8) is 0 Å². The van der Waals surface area contributed by atoms with Gasteiger partial charge in [-0.25, -0.2) is 0 Å². The van der Waals surface area contributed by atoms with Crippen molar-refractivity contribution in [3.8, 4) is 17.6 Å². The van der Waals surface area contributed by atoms with Crippen LogP contribution >= 0.6 is 0 Å². The average Bonchev–Trinajstić information content (AvgIpc) is 2.93. The number of hydrogen-bond acceptors (Lipinski definition) is 5. The second kappa shape index (κ2) is 9.71. The van der Waals surface area contributed by atoms with Gasteiger partial charge in [0.1, 0.15) is 11.6 Å². The molecule has 1 saturated heterocycles. The van der Waals surface area contributed by atoms with E-state index in [9.17, 15) is 10.1 Å². The standard InChI is InChI=1S/C20H27N3O3/c1-15(16-8-9-18(25-2)19(12-16)26-3)22-20(24)17(13-21)14-23-10-6-4-5-7-11-23/h8-9,12,14-15H,4-7,10-11H2,1-3H3,(H,22,24)/b17-14-. The van der Waals surface area contributed by atoms with E-state index in [-0.39, 0.29) is 17.5 Å². The Labute approximate surface area is 155 Å². The lowest BCUT2D eigenvalue weighted by Crippen LogP contribution is -2.29. The van der Waals surface area contributed by atoms with Crippen molar-refractivity contribution in [1.82, 2.24) is 10.2 Å². The van der Waals surface area contributed by atoms with Crippen molar-refractivity contribution in [1.29, 1.82) is 5.26 Å². The topological polar surface area (TPSA) is 74.6 Å². The van der Waals surface area contributed by atoms with Crippen LogP contribution in [0.5, 0.6) is 11.5 Å². The van der Waals surface area contributed by atoms with Crippen LogP contribution in [0.1, 0.15) is 44.2 Å². The van der Waals surface area contributed by atoms with E-state index in [4.69, 9.17) is 9.47 Å². The fourth-order valence-corrected chi connectivity index (χ4v) is 3.02. The highest BCUT2D eigenvalue weighted by molar-refractivity contribution is 5.97. The number of benzene rings is 1. The maximum absolute atomic E-state index is 12.5. The number of hydrogen-bond donors (Lipinski definition) is 1. The predicted molar refractivity (Wildman–Crippen MR) is 99.8 cm³/mol. The van der Waals surface area contributed by atoms with Crippen LogP contribution in [-0.4, -0.2) is 38.1 Å². The predicted octanol–water partition coefficient (Wildman–Crippen LogP) is 3.16. The van der Waals surface area contributed by atoms with Gasteiger partial charge >= 0.3 is 0 Å². The highest BCUT2D eigenvalue weighted by Crippen LogP contribution is 2.29. The Morgan fingerprint density at radius 3 is 2.42 bits per heavy atom. The molecule has 1 aromatic rings. The molecule has 6 heteroatoms. The quantitative estimate of drug-likeness (QED) is 0.625. The Kier molecular flexibility index (Phi) is 7.34. The number of carbonyl (C=O) groups is 1. The molecule has 26 heavy (non-hydrogen) atoms. The molecule has 1 amide bonds. The molecule has 140 valence electrons. The summed E-state index contributed by atoms with van der Waals surface area (Å²) in [4.78, 5) is 14.6. The first-order valence-corrected chi connectivity index (χ1v) is 8.97.